The van der Waals surface area contributed by atoms with Gasteiger partial charge in [-0.05, 0) is 42.5 Å². The van der Waals surface area contributed by atoms with Crippen LogP contribution < -0.4 is 0 Å². The van der Waals surface area contributed by atoms with Crippen molar-refractivity contribution in [2.75, 3.05) is 0 Å². The lowest BCUT2D eigenvalue weighted by Gasteiger charge is -2.03. The molecule has 0 aliphatic carbocycles. The Morgan fingerprint density at radius 1 is 0.895 bits per heavy atom. The van der Waals surface area contributed by atoms with Crippen molar-refractivity contribution < 1.29 is 0 Å². The Morgan fingerprint density at radius 3 is 2.00 bits per heavy atom. The lowest BCUT2D eigenvalue weighted by Crippen LogP contribution is -1.92. The molecule has 0 atom stereocenters. The monoisotopic (exact) mass is 256 g/mol. The fourth-order valence-electron chi connectivity index (χ4n) is 1.60. The van der Waals surface area contributed by atoms with E-state index < -0.39 is 0 Å². The van der Waals surface area contributed by atoms with E-state index in [1.54, 1.807) is 6.20 Å². The third kappa shape index (κ3) is 5.64. The van der Waals surface area contributed by atoms with Crippen LogP contribution in [0.3, 0.4) is 0 Å². The largest absolute Gasteiger partial charge is 0.264 e. The van der Waals surface area contributed by atoms with Gasteiger partial charge in [0.15, 0.2) is 0 Å². The molecule has 19 heavy (non-hydrogen) atoms. The van der Waals surface area contributed by atoms with Gasteiger partial charge in [0, 0.05) is 23.8 Å². The minimum Gasteiger partial charge on any atom is -0.264 e. The van der Waals surface area contributed by atoms with Gasteiger partial charge < -0.3 is 0 Å². The molecule has 2 heterocycles. The molecule has 0 saturated heterocycles. The summed E-state index contributed by atoms with van der Waals surface area (Å²) in [6, 6.07) is 10.2. The highest BCUT2D eigenvalue weighted by atomic mass is 14.7. The molecule has 2 rings (SSSR count). The zero-order valence-electron chi connectivity index (χ0n) is 12.6. The maximum absolute atomic E-state index is 4.37. The Balaban J connectivity index is 0.000000191. The van der Waals surface area contributed by atoms with E-state index in [9.17, 15) is 0 Å². The van der Waals surface area contributed by atoms with Gasteiger partial charge in [0.2, 0.25) is 0 Å². The van der Waals surface area contributed by atoms with Crippen LogP contribution in [0.15, 0.2) is 42.7 Å². The van der Waals surface area contributed by atoms with Crippen molar-refractivity contribution in [1.29, 1.82) is 0 Å². The molecule has 2 aromatic rings. The highest BCUT2D eigenvalue weighted by molar-refractivity contribution is 5.12. The fourth-order valence-corrected chi connectivity index (χ4v) is 1.60. The predicted molar refractivity (Wildman–Crippen MR) is 81.4 cm³/mol. The maximum Gasteiger partial charge on any atom is 0.0432 e. The molecule has 0 amide bonds. The Hall–Kier alpha value is -1.70. The first-order chi connectivity index (χ1) is 9.00. The van der Waals surface area contributed by atoms with E-state index in [2.05, 4.69) is 55.9 Å². The number of pyridine rings is 2. The second-order valence-electron chi connectivity index (χ2n) is 5.30. The molecule has 0 aliphatic heterocycles. The van der Waals surface area contributed by atoms with E-state index in [0.717, 1.165) is 5.69 Å². The van der Waals surface area contributed by atoms with Crippen LogP contribution in [0.1, 0.15) is 56.5 Å². The van der Waals surface area contributed by atoms with Crippen LogP contribution in [0.5, 0.6) is 0 Å². The van der Waals surface area contributed by atoms with Gasteiger partial charge in [0.25, 0.3) is 0 Å². The third-order valence-corrected chi connectivity index (χ3v) is 2.85. The van der Waals surface area contributed by atoms with Gasteiger partial charge in [-0.25, -0.2) is 0 Å². The average Bonchev–Trinajstić information content (AvgIpc) is 2.40. The van der Waals surface area contributed by atoms with Crippen LogP contribution in [0, 0.1) is 6.92 Å². The average molecular weight is 256 g/mol. The van der Waals surface area contributed by atoms with E-state index in [1.165, 1.54) is 11.3 Å². The molecule has 0 unspecified atom stereocenters. The Labute approximate surface area is 116 Å². The first-order valence-corrected chi connectivity index (χ1v) is 6.84. The molecule has 0 aliphatic rings. The molecule has 2 aromatic heterocycles. The van der Waals surface area contributed by atoms with E-state index in [1.807, 2.05) is 25.3 Å². The van der Waals surface area contributed by atoms with Crippen molar-refractivity contribution >= 4 is 0 Å². The molecule has 0 radical (unpaired) electrons. The standard InChI is InChI=1S/C9H13N.C8H11N/c1-7(2)9-6-4-5-8(3)10-9;1-7(2)8-4-3-5-9-6-8/h4-7H,1-3H3;3-7H,1-2H3. The van der Waals surface area contributed by atoms with Crippen LogP contribution in [0.4, 0.5) is 0 Å². The minimum absolute atomic E-state index is 0.542. The lowest BCUT2D eigenvalue weighted by atomic mass is 10.1. The molecule has 0 spiro atoms. The number of hydrogen-bond donors (Lipinski definition) is 0. The molecule has 102 valence electrons. The zero-order valence-corrected chi connectivity index (χ0v) is 12.6. The van der Waals surface area contributed by atoms with Gasteiger partial charge in [0.1, 0.15) is 0 Å². The van der Waals surface area contributed by atoms with Crippen molar-refractivity contribution in [3.63, 3.8) is 0 Å². The molecule has 0 saturated carbocycles. The van der Waals surface area contributed by atoms with Crippen LogP contribution >= 0.6 is 0 Å². The number of aromatic nitrogens is 2. The van der Waals surface area contributed by atoms with Gasteiger partial charge in [0.05, 0.1) is 0 Å². The molecule has 0 fully saturated rings. The molecule has 0 bridgehead atoms. The Morgan fingerprint density at radius 2 is 1.63 bits per heavy atom. The number of hydrogen-bond acceptors (Lipinski definition) is 2. The van der Waals surface area contributed by atoms with Gasteiger partial charge in [-0.1, -0.05) is 39.8 Å². The second-order valence-corrected chi connectivity index (χ2v) is 5.30. The smallest absolute Gasteiger partial charge is 0.0432 e. The quantitative estimate of drug-likeness (QED) is 0.777. The Bertz CT molecular complexity index is 476. The fraction of sp³-hybridized carbons (Fsp3) is 0.412. The highest BCUT2D eigenvalue weighted by Crippen LogP contribution is 2.11. The van der Waals surface area contributed by atoms with E-state index in [4.69, 9.17) is 0 Å². The zero-order chi connectivity index (χ0) is 14.3. The van der Waals surface area contributed by atoms with Crippen molar-refractivity contribution in [2.45, 2.75) is 46.5 Å². The topological polar surface area (TPSA) is 25.8 Å². The maximum atomic E-state index is 4.37. The van der Waals surface area contributed by atoms with Crippen LogP contribution in [0.2, 0.25) is 0 Å². The molecule has 0 N–H and O–H groups in total. The van der Waals surface area contributed by atoms with Gasteiger partial charge in [-0.15, -0.1) is 0 Å². The van der Waals surface area contributed by atoms with Crippen molar-refractivity contribution in [3.05, 3.63) is 59.7 Å². The number of aryl methyl sites for hydroxylation is 1. The van der Waals surface area contributed by atoms with E-state index in [-0.39, 0.29) is 0 Å². The summed E-state index contributed by atoms with van der Waals surface area (Å²) in [4.78, 5) is 8.38. The molecular formula is C17H24N2. The van der Waals surface area contributed by atoms with Crippen LogP contribution in [-0.4, -0.2) is 9.97 Å². The highest BCUT2D eigenvalue weighted by Gasteiger charge is 1.98. The summed E-state index contributed by atoms with van der Waals surface area (Å²) in [5.41, 5.74) is 3.59. The van der Waals surface area contributed by atoms with Gasteiger partial charge in [-0.3, -0.25) is 9.97 Å². The first kappa shape index (κ1) is 15.4. The summed E-state index contributed by atoms with van der Waals surface area (Å²) >= 11 is 0. The van der Waals surface area contributed by atoms with Crippen LogP contribution in [-0.2, 0) is 0 Å². The van der Waals surface area contributed by atoms with Gasteiger partial charge in [-0.2, -0.15) is 0 Å². The van der Waals surface area contributed by atoms with E-state index in [0.29, 0.717) is 11.8 Å². The lowest BCUT2D eigenvalue weighted by molar-refractivity contribution is 0.815. The molecular weight excluding hydrogens is 232 g/mol. The van der Waals surface area contributed by atoms with Crippen LogP contribution in [0.25, 0.3) is 0 Å². The minimum atomic E-state index is 0.542. The summed E-state index contributed by atoms with van der Waals surface area (Å²) < 4.78 is 0. The SMILES string of the molecule is CC(C)c1cccnc1.Cc1cccc(C(C)C)n1. The summed E-state index contributed by atoms with van der Waals surface area (Å²) in [6.07, 6.45) is 3.70. The summed E-state index contributed by atoms with van der Waals surface area (Å²) in [7, 11) is 0. The van der Waals surface area contributed by atoms with Crippen molar-refractivity contribution in [1.82, 2.24) is 9.97 Å². The van der Waals surface area contributed by atoms with Crippen molar-refractivity contribution in [3.8, 4) is 0 Å². The Kier molecular flexibility index (Phi) is 6.20. The summed E-state index contributed by atoms with van der Waals surface area (Å²) in [6.45, 7) is 10.7. The molecule has 0 aromatic carbocycles. The number of rotatable bonds is 2. The number of nitrogens with zero attached hydrogens (tertiary/aromatic N) is 2. The molecule has 2 heteroatoms. The van der Waals surface area contributed by atoms with Crippen molar-refractivity contribution in [2.24, 2.45) is 0 Å². The third-order valence-electron chi connectivity index (χ3n) is 2.85. The second kappa shape index (κ2) is 7.67. The first-order valence-electron chi connectivity index (χ1n) is 6.84. The summed E-state index contributed by atoms with van der Waals surface area (Å²) in [5, 5.41) is 0. The van der Waals surface area contributed by atoms with Gasteiger partial charge >= 0.3 is 0 Å². The summed E-state index contributed by atoms with van der Waals surface area (Å²) in [5.74, 6) is 1.14. The predicted octanol–water partition coefficient (Wildman–Crippen LogP) is 4.72. The normalized spacial score (nSPS) is 10.3. The van der Waals surface area contributed by atoms with E-state index >= 15 is 0 Å². The molecule has 2 nitrogen and oxygen atoms in total.